The van der Waals surface area contributed by atoms with Gasteiger partial charge in [-0.2, -0.15) is 10.2 Å². The molecule has 0 aromatic carbocycles. The number of halogens is 2. The zero-order valence-corrected chi connectivity index (χ0v) is 16.0. The normalized spacial score (nSPS) is 11.6. The molecule has 4 heterocycles. The van der Waals surface area contributed by atoms with E-state index in [9.17, 15) is 0 Å². The highest BCUT2D eigenvalue weighted by molar-refractivity contribution is 6.31. The Kier molecular flexibility index (Phi) is 5.32. The maximum absolute atomic E-state index is 6.18. The van der Waals surface area contributed by atoms with Crippen LogP contribution < -0.4 is 0 Å². The first-order valence-electron chi connectivity index (χ1n) is 8.37. The quantitative estimate of drug-likeness (QED) is 0.270. The molecule has 4 aromatic rings. The minimum Gasteiger partial charge on any atom is -0.313 e. The van der Waals surface area contributed by atoms with Gasteiger partial charge in [-0.25, -0.2) is 9.97 Å². The maximum atomic E-state index is 6.18. The maximum Gasteiger partial charge on any atom is 0.152 e. The molecule has 4 rings (SSSR count). The Bertz CT molecular complexity index is 1070. The van der Waals surface area contributed by atoms with Crippen LogP contribution in [0.3, 0.4) is 0 Å². The van der Waals surface area contributed by atoms with Gasteiger partial charge in [0.25, 0.3) is 0 Å². The Morgan fingerprint density at radius 3 is 1.57 bits per heavy atom. The standard InChI is InChI=1S/C20H14Cl2N6/c21-19-17(7-1-9-23-19)27-11-3-5-15(27)13-25-26-14-16-6-4-12-28(16)18-8-2-10-24-20(18)22/h1-14H/b25-13-,26-14+. The molecular weight excluding hydrogens is 395 g/mol. The highest BCUT2D eigenvalue weighted by atomic mass is 35.5. The third-order valence-corrected chi connectivity index (χ3v) is 4.59. The van der Waals surface area contributed by atoms with Gasteiger partial charge in [-0.15, -0.1) is 0 Å². The summed E-state index contributed by atoms with van der Waals surface area (Å²) in [6.07, 6.45) is 10.4. The molecule has 0 saturated carbocycles. The number of pyridine rings is 2. The van der Waals surface area contributed by atoms with E-state index in [0.717, 1.165) is 22.8 Å². The molecule has 28 heavy (non-hydrogen) atoms. The lowest BCUT2D eigenvalue weighted by molar-refractivity contribution is 1.04. The summed E-state index contributed by atoms with van der Waals surface area (Å²) in [5.41, 5.74) is 3.22. The highest BCUT2D eigenvalue weighted by Crippen LogP contribution is 2.20. The van der Waals surface area contributed by atoms with E-state index in [-0.39, 0.29) is 0 Å². The summed E-state index contributed by atoms with van der Waals surface area (Å²) >= 11 is 12.4. The van der Waals surface area contributed by atoms with Gasteiger partial charge in [0.15, 0.2) is 10.3 Å². The van der Waals surface area contributed by atoms with Crippen molar-refractivity contribution in [1.29, 1.82) is 0 Å². The summed E-state index contributed by atoms with van der Waals surface area (Å²) in [4.78, 5) is 8.21. The molecule has 8 heteroatoms. The van der Waals surface area contributed by atoms with Gasteiger partial charge >= 0.3 is 0 Å². The van der Waals surface area contributed by atoms with Crippen LogP contribution >= 0.6 is 23.2 Å². The van der Waals surface area contributed by atoms with Gasteiger partial charge in [0.05, 0.1) is 35.2 Å². The van der Waals surface area contributed by atoms with Gasteiger partial charge in [0.2, 0.25) is 0 Å². The molecule has 4 aromatic heterocycles. The van der Waals surface area contributed by atoms with Gasteiger partial charge in [-0.05, 0) is 48.5 Å². The first-order valence-corrected chi connectivity index (χ1v) is 9.12. The summed E-state index contributed by atoms with van der Waals surface area (Å²) in [5.74, 6) is 0. The molecule has 0 spiro atoms. The van der Waals surface area contributed by atoms with Crippen LogP contribution in [0.15, 0.2) is 83.5 Å². The molecule has 0 atom stereocenters. The van der Waals surface area contributed by atoms with Crippen molar-refractivity contribution in [1.82, 2.24) is 19.1 Å². The fourth-order valence-corrected chi connectivity index (χ4v) is 3.16. The topological polar surface area (TPSA) is 60.4 Å². The molecular formula is C20H14Cl2N6. The summed E-state index contributed by atoms with van der Waals surface area (Å²) in [7, 11) is 0. The Morgan fingerprint density at radius 2 is 1.14 bits per heavy atom. The number of hydrogen-bond donors (Lipinski definition) is 0. The Hall–Kier alpha value is -3.22. The van der Waals surface area contributed by atoms with Gasteiger partial charge in [-0.1, -0.05) is 23.2 Å². The van der Waals surface area contributed by atoms with Crippen molar-refractivity contribution in [3.8, 4) is 11.4 Å². The Balaban J connectivity index is 1.56. The number of hydrogen-bond acceptors (Lipinski definition) is 4. The van der Waals surface area contributed by atoms with E-state index in [4.69, 9.17) is 23.2 Å². The third kappa shape index (κ3) is 3.74. The lowest BCUT2D eigenvalue weighted by atomic mass is 10.4. The van der Waals surface area contributed by atoms with Gasteiger partial charge in [0, 0.05) is 24.8 Å². The molecule has 138 valence electrons. The lowest BCUT2D eigenvalue weighted by Crippen LogP contribution is -2.00. The van der Waals surface area contributed by atoms with Crippen molar-refractivity contribution in [3.05, 3.63) is 95.0 Å². The first kappa shape index (κ1) is 18.2. The van der Waals surface area contributed by atoms with E-state index in [1.807, 2.05) is 70.1 Å². The van der Waals surface area contributed by atoms with Crippen molar-refractivity contribution in [3.63, 3.8) is 0 Å². The molecule has 0 N–H and O–H groups in total. The van der Waals surface area contributed by atoms with Crippen LogP contribution in [0.1, 0.15) is 11.4 Å². The average molecular weight is 409 g/mol. The third-order valence-electron chi connectivity index (χ3n) is 4.01. The molecule has 0 radical (unpaired) electrons. The summed E-state index contributed by atoms with van der Waals surface area (Å²) in [5, 5.41) is 9.16. The fraction of sp³-hybridized carbons (Fsp3) is 0. The average Bonchev–Trinajstić information content (AvgIpc) is 3.35. The first-order chi connectivity index (χ1) is 13.7. The van der Waals surface area contributed by atoms with E-state index in [2.05, 4.69) is 20.2 Å². The summed E-state index contributed by atoms with van der Waals surface area (Å²) < 4.78 is 3.79. The zero-order chi connectivity index (χ0) is 19.3. The lowest BCUT2D eigenvalue weighted by Gasteiger charge is -2.07. The van der Waals surface area contributed by atoms with Crippen LogP contribution in [0.4, 0.5) is 0 Å². The second-order valence-electron chi connectivity index (χ2n) is 5.72. The Labute approximate surface area is 171 Å². The molecule has 0 aliphatic heterocycles. The van der Waals surface area contributed by atoms with Crippen LogP contribution in [0.2, 0.25) is 10.3 Å². The van der Waals surface area contributed by atoms with Crippen LogP contribution in [0, 0.1) is 0 Å². The van der Waals surface area contributed by atoms with E-state index in [1.54, 1.807) is 24.8 Å². The number of rotatable bonds is 5. The predicted molar refractivity (Wildman–Crippen MR) is 112 cm³/mol. The SMILES string of the molecule is Clc1ncccc1-n1cccc1/C=N\N=C\c1cccn1-c1cccnc1Cl. The predicted octanol–water partition coefficient (Wildman–Crippen LogP) is 4.82. The van der Waals surface area contributed by atoms with E-state index >= 15 is 0 Å². The molecule has 0 aliphatic carbocycles. The molecule has 0 amide bonds. The largest absolute Gasteiger partial charge is 0.313 e. The van der Waals surface area contributed by atoms with Crippen LogP contribution in [0.25, 0.3) is 11.4 Å². The summed E-state index contributed by atoms with van der Waals surface area (Å²) in [6, 6.07) is 15.1. The molecule has 0 aliphatic rings. The van der Waals surface area contributed by atoms with E-state index in [1.165, 1.54) is 0 Å². The van der Waals surface area contributed by atoms with Crippen molar-refractivity contribution in [2.75, 3.05) is 0 Å². The van der Waals surface area contributed by atoms with Crippen LogP contribution in [-0.2, 0) is 0 Å². The van der Waals surface area contributed by atoms with E-state index in [0.29, 0.717) is 10.3 Å². The van der Waals surface area contributed by atoms with Crippen molar-refractivity contribution in [2.24, 2.45) is 10.2 Å². The second-order valence-corrected chi connectivity index (χ2v) is 6.44. The molecule has 6 nitrogen and oxygen atoms in total. The van der Waals surface area contributed by atoms with Crippen molar-refractivity contribution < 1.29 is 0 Å². The van der Waals surface area contributed by atoms with Crippen LogP contribution in [-0.4, -0.2) is 31.5 Å². The second kappa shape index (κ2) is 8.21. The Morgan fingerprint density at radius 1 is 0.679 bits per heavy atom. The zero-order valence-electron chi connectivity index (χ0n) is 14.5. The van der Waals surface area contributed by atoms with Gasteiger partial charge < -0.3 is 9.13 Å². The minimum absolute atomic E-state index is 0.419. The minimum atomic E-state index is 0.419. The number of nitrogens with zero attached hydrogens (tertiary/aromatic N) is 6. The smallest absolute Gasteiger partial charge is 0.152 e. The number of aromatic nitrogens is 4. The monoisotopic (exact) mass is 408 g/mol. The molecule has 0 unspecified atom stereocenters. The van der Waals surface area contributed by atoms with Crippen molar-refractivity contribution in [2.45, 2.75) is 0 Å². The molecule has 0 bridgehead atoms. The fourth-order valence-electron chi connectivity index (χ4n) is 2.74. The molecule has 0 fully saturated rings. The molecule has 0 saturated heterocycles. The summed E-state index contributed by atoms with van der Waals surface area (Å²) in [6.45, 7) is 0. The highest BCUT2D eigenvalue weighted by Gasteiger charge is 2.07. The van der Waals surface area contributed by atoms with Gasteiger partial charge in [-0.3, -0.25) is 0 Å². The van der Waals surface area contributed by atoms with Crippen LogP contribution in [0.5, 0.6) is 0 Å². The van der Waals surface area contributed by atoms with E-state index < -0.39 is 0 Å². The van der Waals surface area contributed by atoms with Gasteiger partial charge in [0.1, 0.15) is 0 Å². The van der Waals surface area contributed by atoms with Crippen molar-refractivity contribution >= 4 is 35.6 Å².